The molecule has 1 heterocycles. The highest BCUT2D eigenvalue weighted by Gasteiger charge is 2.51. The molecule has 2 bridgehead atoms. The van der Waals surface area contributed by atoms with E-state index >= 15 is 0 Å². The summed E-state index contributed by atoms with van der Waals surface area (Å²) in [7, 11) is -5.76. The molecule has 108 valence electrons. The van der Waals surface area contributed by atoms with E-state index in [2.05, 4.69) is 4.18 Å². The second kappa shape index (κ2) is 4.29. The summed E-state index contributed by atoms with van der Waals surface area (Å²) in [6.07, 6.45) is 0.466. The minimum Gasteiger partial charge on any atom is -0.465 e. The van der Waals surface area contributed by atoms with Crippen LogP contribution in [0.5, 0.6) is 0 Å². The Labute approximate surface area is 106 Å². The highest BCUT2D eigenvalue weighted by Crippen LogP contribution is 2.38. The maximum absolute atomic E-state index is 12.2. The standard InChI is InChI=1S/C9H10F3NO5S/c10-9(11,12)19(16,17)18-7-2-1-5-3-6(7)13(4-5)8(14)15/h2,5-6H,1,3-4H2,(H,14,15). The van der Waals surface area contributed by atoms with Gasteiger partial charge in [0.05, 0.1) is 6.04 Å². The Hall–Kier alpha value is -1.45. The zero-order valence-corrected chi connectivity index (χ0v) is 10.2. The van der Waals surface area contributed by atoms with Crippen molar-refractivity contribution in [1.29, 1.82) is 0 Å². The van der Waals surface area contributed by atoms with Crippen LogP contribution in [0.25, 0.3) is 0 Å². The van der Waals surface area contributed by atoms with Gasteiger partial charge in [-0.25, -0.2) is 4.79 Å². The van der Waals surface area contributed by atoms with Crippen LogP contribution in [-0.2, 0) is 14.3 Å². The van der Waals surface area contributed by atoms with Crippen molar-refractivity contribution in [1.82, 2.24) is 4.90 Å². The molecular weight excluding hydrogens is 291 g/mol. The van der Waals surface area contributed by atoms with Crippen LogP contribution in [-0.4, -0.2) is 42.6 Å². The van der Waals surface area contributed by atoms with E-state index in [1.165, 1.54) is 6.08 Å². The number of nitrogens with zero attached hydrogens (tertiary/aromatic N) is 1. The van der Waals surface area contributed by atoms with E-state index in [4.69, 9.17) is 5.11 Å². The fourth-order valence-corrected chi connectivity index (χ4v) is 2.78. The number of hydrogen-bond acceptors (Lipinski definition) is 4. The number of alkyl halides is 3. The number of rotatable bonds is 2. The molecule has 19 heavy (non-hydrogen) atoms. The van der Waals surface area contributed by atoms with E-state index in [1.807, 2.05) is 0 Å². The van der Waals surface area contributed by atoms with Crippen LogP contribution in [0.2, 0.25) is 0 Å². The second-order valence-electron chi connectivity index (χ2n) is 4.38. The molecule has 1 amide bonds. The molecule has 1 aliphatic heterocycles. The van der Waals surface area contributed by atoms with Crippen molar-refractivity contribution in [2.75, 3.05) is 6.54 Å². The smallest absolute Gasteiger partial charge is 0.465 e. The summed E-state index contributed by atoms with van der Waals surface area (Å²) in [6.45, 7) is 0.162. The van der Waals surface area contributed by atoms with E-state index in [9.17, 15) is 26.4 Å². The van der Waals surface area contributed by atoms with Crippen molar-refractivity contribution in [2.45, 2.75) is 24.4 Å². The Morgan fingerprint density at radius 1 is 1.47 bits per heavy atom. The molecule has 10 heteroatoms. The molecule has 0 aromatic rings. The van der Waals surface area contributed by atoms with Gasteiger partial charge in [0.25, 0.3) is 0 Å². The summed E-state index contributed by atoms with van der Waals surface area (Å²) in [5, 5.41) is 8.91. The molecule has 2 atom stereocenters. The van der Waals surface area contributed by atoms with Crippen molar-refractivity contribution in [3.05, 3.63) is 11.8 Å². The lowest BCUT2D eigenvalue weighted by Gasteiger charge is -2.24. The van der Waals surface area contributed by atoms with Gasteiger partial charge in [0.1, 0.15) is 5.76 Å². The van der Waals surface area contributed by atoms with Gasteiger partial charge in [0.2, 0.25) is 0 Å². The van der Waals surface area contributed by atoms with Gasteiger partial charge in [-0.3, -0.25) is 4.90 Å². The molecule has 0 spiro atoms. The first-order valence-corrected chi connectivity index (χ1v) is 6.73. The quantitative estimate of drug-likeness (QED) is 0.617. The maximum Gasteiger partial charge on any atom is 0.534 e. The Morgan fingerprint density at radius 2 is 2.11 bits per heavy atom. The van der Waals surface area contributed by atoms with Gasteiger partial charge >= 0.3 is 21.7 Å². The number of hydrogen-bond donors (Lipinski definition) is 1. The Bertz CT molecular complexity index is 526. The van der Waals surface area contributed by atoms with Crippen molar-refractivity contribution in [3.63, 3.8) is 0 Å². The number of fused-ring (bicyclic) bond motifs is 2. The third kappa shape index (κ3) is 2.48. The molecular formula is C9H10F3NO5S. The van der Waals surface area contributed by atoms with Crippen LogP contribution >= 0.6 is 0 Å². The molecule has 0 aromatic heterocycles. The molecule has 1 N–H and O–H groups in total. The van der Waals surface area contributed by atoms with Gasteiger partial charge in [-0.15, -0.1) is 0 Å². The average Bonchev–Trinajstić information content (AvgIpc) is 2.60. The number of amides is 1. The molecule has 6 nitrogen and oxygen atoms in total. The van der Waals surface area contributed by atoms with E-state index < -0.39 is 33.5 Å². The van der Waals surface area contributed by atoms with Crippen LogP contribution in [0, 0.1) is 5.92 Å². The first-order valence-electron chi connectivity index (χ1n) is 5.32. The van der Waals surface area contributed by atoms with E-state index in [-0.39, 0.29) is 18.9 Å². The summed E-state index contributed by atoms with van der Waals surface area (Å²) >= 11 is 0. The summed E-state index contributed by atoms with van der Waals surface area (Å²) in [4.78, 5) is 11.8. The summed E-state index contributed by atoms with van der Waals surface area (Å²) in [5.41, 5.74) is -5.53. The van der Waals surface area contributed by atoms with Crippen molar-refractivity contribution >= 4 is 16.2 Å². The number of carbonyl (C=O) groups is 1. The number of halogens is 3. The molecule has 1 fully saturated rings. The fraction of sp³-hybridized carbons (Fsp3) is 0.667. The normalized spacial score (nSPS) is 27.1. The van der Waals surface area contributed by atoms with Crippen LogP contribution < -0.4 is 0 Å². The number of allylic oxidation sites excluding steroid dienone is 1. The lowest BCUT2D eigenvalue weighted by molar-refractivity contribution is -0.0527. The topological polar surface area (TPSA) is 83.9 Å². The monoisotopic (exact) mass is 301 g/mol. The molecule has 0 radical (unpaired) electrons. The molecule has 2 aliphatic rings. The highest BCUT2D eigenvalue weighted by molar-refractivity contribution is 7.87. The van der Waals surface area contributed by atoms with E-state index in [0.29, 0.717) is 6.42 Å². The van der Waals surface area contributed by atoms with E-state index in [0.717, 1.165) is 4.90 Å². The zero-order valence-electron chi connectivity index (χ0n) is 9.42. The molecule has 2 rings (SSSR count). The van der Waals surface area contributed by atoms with Crippen molar-refractivity contribution < 1.29 is 35.7 Å². The van der Waals surface area contributed by atoms with Gasteiger partial charge in [-0.1, -0.05) is 0 Å². The van der Waals surface area contributed by atoms with Gasteiger partial charge in [0.15, 0.2) is 0 Å². The Balaban J connectivity index is 2.22. The summed E-state index contributed by atoms with van der Waals surface area (Å²) < 4.78 is 62.5. The molecule has 0 saturated carbocycles. The molecule has 2 unspecified atom stereocenters. The lowest BCUT2D eigenvalue weighted by atomic mass is 9.95. The third-order valence-electron chi connectivity index (χ3n) is 3.10. The Morgan fingerprint density at radius 3 is 2.63 bits per heavy atom. The lowest BCUT2D eigenvalue weighted by Crippen LogP contribution is -2.37. The first kappa shape index (κ1) is 14.0. The minimum absolute atomic E-state index is 0.0120. The number of carboxylic acid groups (broad SMARTS) is 1. The molecule has 1 aliphatic carbocycles. The second-order valence-corrected chi connectivity index (χ2v) is 5.92. The predicted molar refractivity (Wildman–Crippen MR) is 55.4 cm³/mol. The third-order valence-corrected chi connectivity index (χ3v) is 4.08. The van der Waals surface area contributed by atoms with Crippen LogP contribution in [0.3, 0.4) is 0 Å². The zero-order chi connectivity index (χ0) is 14.4. The largest absolute Gasteiger partial charge is 0.534 e. The highest BCUT2D eigenvalue weighted by atomic mass is 32.2. The molecule has 0 aromatic carbocycles. The minimum atomic E-state index is -5.76. The van der Waals surface area contributed by atoms with Crippen LogP contribution in [0.4, 0.5) is 18.0 Å². The van der Waals surface area contributed by atoms with Gasteiger partial charge in [-0.2, -0.15) is 21.6 Å². The van der Waals surface area contributed by atoms with Gasteiger partial charge in [0, 0.05) is 6.54 Å². The van der Waals surface area contributed by atoms with Gasteiger partial charge < -0.3 is 9.29 Å². The predicted octanol–water partition coefficient (Wildman–Crippen LogP) is 1.51. The van der Waals surface area contributed by atoms with Crippen molar-refractivity contribution in [3.8, 4) is 0 Å². The SMILES string of the molecule is O=C(O)N1CC2CC=C(OS(=O)(=O)C(F)(F)F)C1C2. The first-order chi connectivity index (χ1) is 8.62. The molecule has 1 saturated heterocycles. The number of likely N-dealkylation sites (tertiary alicyclic amines) is 1. The summed E-state index contributed by atoms with van der Waals surface area (Å²) in [6, 6.07) is -0.964. The van der Waals surface area contributed by atoms with E-state index in [1.54, 1.807) is 0 Å². The van der Waals surface area contributed by atoms with Crippen LogP contribution in [0.15, 0.2) is 11.8 Å². The average molecular weight is 301 g/mol. The van der Waals surface area contributed by atoms with Crippen molar-refractivity contribution in [2.24, 2.45) is 5.92 Å². The maximum atomic E-state index is 12.2. The Kier molecular flexibility index (Phi) is 3.15. The van der Waals surface area contributed by atoms with Crippen LogP contribution in [0.1, 0.15) is 12.8 Å². The fourth-order valence-electron chi connectivity index (χ4n) is 2.26. The van der Waals surface area contributed by atoms with Gasteiger partial charge in [-0.05, 0) is 24.8 Å². The summed E-state index contributed by atoms with van der Waals surface area (Å²) in [5.74, 6) is -0.476.